The van der Waals surface area contributed by atoms with E-state index in [0.717, 1.165) is 36.9 Å². The number of anilines is 1. The zero-order valence-corrected chi connectivity index (χ0v) is 13.3. The van der Waals surface area contributed by atoms with Crippen molar-refractivity contribution in [3.05, 3.63) is 29.8 Å². The summed E-state index contributed by atoms with van der Waals surface area (Å²) in [5.41, 5.74) is 1.69. The summed E-state index contributed by atoms with van der Waals surface area (Å²) in [7, 11) is 0. The van der Waals surface area contributed by atoms with Crippen LogP contribution >= 0.6 is 0 Å². The first-order valence-electron chi connectivity index (χ1n) is 7.92. The molecule has 1 fully saturated rings. The molecule has 2 rings (SSSR count). The minimum Gasteiger partial charge on any atom is -0.374 e. The molecule has 1 aromatic carbocycles. The Morgan fingerprint density at radius 1 is 1.26 bits per heavy atom. The molecular weight excluding hydrogens is 292 g/mol. The number of nitrogens with one attached hydrogen (secondary N) is 3. The van der Waals surface area contributed by atoms with Gasteiger partial charge in [0.15, 0.2) is 0 Å². The molecule has 0 bridgehead atoms. The predicted octanol–water partition coefficient (Wildman–Crippen LogP) is 2.32. The standard InChI is InChI=1S/C17H22N4O2/c1-12(19-15-8-6-13(7-9-15)10-11-18)16(22)21-17(23)20-14-4-2-3-5-14/h6-9,12,14,19H,2-5,10H2,1H3,(H2,20,21,22,23)/t12-/m1/s1. The highest BCUT2D eigenvalue weighted by molar-refractivity contribution is 5.98. The van der Waals surface area contributed by atoms with Gasteiger partial charge < -0.3 is 10.6 Å². The fourth-order valence-electron chi connectivity index (χ4n) is 2.64. The van der Waals surface area contributed by atoms with Crippen LogP contribution < -0.4 is 16.0 Å². The van der Waals surface area contributed by atoms with Gasteiger partial charge in [0.25, 0.3) is 0 Å². The Labute approximate surface area is 136 Å². The molecule has 23 heavy (non-hydrogen) atoms. The van der Waals surface area contributed by atoms with Gasteiger partial charge in [0, 0.05) is 11.7 Å². The van der Waals surface area contributed by atoms with E-state index in [9.17, 15) is 9.59 Å². The molecule has 1 aliphatic rings. The van der Waals surface area contributed by atoms with Crippen LogP contribution in [0, 0.1) is 11.3 Å². The molecule has 6 nitrogen and oxygen atoms in total. The smallest absolute Gasteiger partial charge is 0.321 e. The number of nitrogens with zero attached hydrogens (tertiary/aromatic N) is 1. The summed E-state index contributed by atoms with van der Waals surface area (Å²) in [5, 5.41) is 16.9. The van der Waals surface area contributed by atoms with Gasteiger partial charge in [-0.1, -0.05) is 25.0 Å². The van der Waals surface area contributed by atoms with E-state index < -0.39 is 12.1 Å². The van der Waals surface area contributed by atoms with E-state index in [1.807, 2.05) is 24.3 Å². The third-order valence-corrected chi connectivity index (χ3v) is 3.94. The number of rotatable bonds is 5. The summed E-state index contributed by atoms with van der Waals surface area (Å²) in [5.74, 6) is -0.374. The molecule has 0 unspecified atom stereocenters. The van der Waals surface area contributed by atoms with Crippen molar-refractivity contribution in [2.45, 2.75) is 51.1 Å². The lowest BCUT2D eigenvalue weighted by atomic mass is 10.1. The topological polar surface area (TPSA) is 94.0 Å². The first-order valence-corrected chi connectivity index (χ1v) is 7.92. The number of amides is 3. The van der Waals surface area contributed by atoms with E-state index in [1.165, 1.54) is 0 Å². The molecule has 0 radical (unpaired) electrons. The number of hydrogen-bond donors (Lipinski definition) is 3. The first kappa shape index (κ1) is 16.8. The van der Waals surface area contributed by atoms with Gasteiger partial charge in [0.05, 0.1) is 12.5 Å². The minimum atomic E-state index is -0.536. The molecule has 1 aliphatic carbocycles. The normalized spacial score (nSPS) is 15.5. The van der Waals surface area contributed by atoms with E-state index in [1.54, 1.807) is 6.92 Å². The average molecular weight is 314 g/mol. The average Bonchev–Trinajstić information content (AvgIpc) is 3.02. The van der Waals surface area contributed by atoms with Crippen LogP contribution in [0.5, 0.6) is 0 Å². The van der Waals surface area contributed by atoms with Crippen molar-refractivity contribution in [2.24, 2.45) is 0 Å². The number of urea groups is 1. The van der Waals surface area contributed by atoms with Crippen LogP contribution in [0.15, 0.2) is 24.3 Å². The van der Waals surface area contributed by atoms with E-state index in [-0.39, 0.29) is 11.9 Å². The molecule has 1 atom stereocenters. The third-order valence-electron chi connectivity index (χ3n) is 3.94. The maximum Gasteiger partial charge on any atom is 0.321 e. The first-order chi connectivity index (χ1) is 11.1. The fourth-order valence-corrected chi connectivity index (χ4v) is 2.64. The lowest BCUT2D eigenvalue weighted by molar-refractivity contribution is -0.120. The summed E-state index contributed by atoms with van der Waals surface area (Å²) >= 11 is 0. The van der Waals surface area contributed by atoms with Gasteiger partial charge in [-0.25, -0.2) is 4.79 Å². The Hall–Kier alpha value is -2.55. The van der Waals surface area contributed by atoms with Crippen LogP contribution in [-0.4, -0.2) is 24.0 Å². The number of benzene rings is 1. The van der Waals surface area contributed by atoms with Gasteiger partial charge >= 0.3 is 6.03 Å². The van der Waals surface area contributed by atoms with E-state index in [0.29, 0.717) is 6.42 Å². The summed E-state index contributed by atoms with van der Waals surface area (Å²) in [6.45, 7) is 1.70. The fraction of sp³-hybridized carbons (Fsp3) is 0.471. The van der Waals surface area contributed by atoms with Crippen molar-refractivity contribution in [1.29, 1.82) is 5.26 Å². The monoisotopic (exact) mass is 314 g/mol. The van der Waals surface area contributed by atoms with Crippen LogP contribution in [0.1, 0.15) is 38.2 Å². The summed E-state index contributed by atoms with van der Waals surface area (Å²) in [4.78, 5) is 23.8. The van der Waals surface area contributed by atoms with Gasteiger partial charge in [0.1, 0.15) is 6.04 Å². The summed E-state index contributed by atoms with van der Waals surface area (Å²) < 4.78 is 0. The molecule has 6 heteroatoms. The van der Waals surface area contributed by atoms with Crippen molar-refractivity contribution >= 4 is 17.6 Å². The molecule has 3 N–H and O–H groups in total. The summed E-state index contributed by atoms with van der Waals surface area (Å²) in [6, 6.07) is 8.60. The van der Waals surface area contributed by atoms with Gasteiger partial charge in [-0.3, -0.25) is 10.1 Å². The SMILES string of the molecule is C[C@@H](Nc1ccc(CC#N)cc1)C(=O)NC(=O)NC1CCCC1. The number of carbonyl (C=O) groups is 2. The zero-order valence-electron chi connectivity index (χ0n) is 13.3. The minimum absolute atomic E-state index is 0.179. The molecule has 3 amide bonds. The van der Waals surface area contributed by atoms with Crippen LogP contribution in [0.2, 0.25) is 0 Å². The molecule has 0 aromatic heterocycles. The van der Waals surface area contributed by atoms with Gasteiger partial charge in [0.2, 0.25) is 5.91 Å². The second-order valence-corrected chi connectivity index (χ2v) is 5.84. The molecule has 0 heterocycles. The van der Waals surface area contributed by atoms with Gasteiger partial charge in [-0.15, -0.1) is 0 Å². The highest BCUT2D eigenvalue weighted by atomic mass is 16.2. The Morgan fingerprint density at radius 3 is 2.52 bits per heavy atom. The van der Waals surface area contributed by atoms with Crippen molar-refractivity contribution < 1.29 is 9.59 Å². The van der Waals surface area contributed by atoms with Gasteiger partial charge in [-0.05, 0) is 37.5 Å². The van der Waals surface area contributed by atoms with Crippen molar-refractivity contribution in [3.63, 3.8) is 0 Å². The molecule has 122 valence electrons. The Kier molecular flexibility index (Phi) is 5.98. The van der Waals surface area contributed by atoms with Crippen LogP contribution in [0.3, 0.4) is 0 Å². The Morgan fingerprint density at radius 2 is 1.91 bits per heavy atom. The van der Waals surface area contributed by atoms with E-state index in [2.05, 4.69) is 22.0 Å². The molecule has 0 saturated heterocycles. The Bertz CT molecular complexity index is 586. The van der Waals surface area contributed by atoms with E-state index in [4.69, 9.17) is 5.26 Å². The second kappa shape index (κ2) is 8.18. The van der Waals surface area contributed by atoms with Crippen molar-refractivity contribution in [3.8, 4) is 6.07 Å². The highest BCUT2D eigenvalue weighted by Crippen LogP contribution is 2.17. The highest BCUT2D eigenvalue weighted by Gasteiger charge is 2.20. The van der Waals surface area contributed by atoms with Crippen molar-refractivity contribution in [1.82, 2.24) is 10.6 Å². The van der Waals surface area contributed by atoms with E-state index >= 15 is 0 Å². The van der Waals surface area contributed by atoms with Crippen LogP contribution in [-0.2, 0) is 11.2 Å². The number of imide groups is 1. The van der Waals surface area contributed by atoms with Gasteiger partial charge in [-0.2, -0.15) is 5.26 Å². The number of carbonyl (C=O) groups excluding carboxylic acids is 2. The number of hydrogen-bond acceptors (Lipinski definition) is 4. The lowest BCUT2D eigenvalue weighted by Gasteiger charge is -2.17. The Balaban J connectivity index is 1.79. The van der Waals surface area contributed by atoms with Crippen molar-refractivity contribution in [2.75, 3.05) is 5.32 Å². The largest absolute Gasteiger partial charge is 0.374 e. The maximum atomic E-state index is 12.0. The molecule has 0 aliphatic heterocycles. The molecule has 1 aromatic rings. The molecule has 1 saturated carbocycles. The molecular formula is C17H22N4O2. The zero-order chi connectivity index (χ0) is 16.7. The lowest BCUT2D eigenvalue weighted by Crippen LogP contribution is -2.48. The quantitative estimate of drug-likeness (QED) is 0.777. The third kappa shape index (κ3) is 5.29. The van der Waals surface area contributed by atoms with Crippen LogP contribution in [0.4, 0.5) is 10.5 Å². The summed E-state index contributed by atoms with van der Waals surface area (Å²) in [6.07, 6.45) is 4.56. The predicted molar refractivity (Wildman–Crippen MR) is 87.8 cm³/mol. The van der Waals surface area contributed by atoms with Crippen LogP contribution in [0.25, 0.3) is 0 Å². The second-order valence-electron chi connectivity index (χ2n) is 5.84. The molecule has 0 spiro atoms. The number of nitriles is 1. The maximum absolute atomic E-state index is 12.0.